The van der Waals surface area contributed by atoms with Crippen LogP contribution in [0.2, 0.25) is 5.02 Å². The lowest BCUT2D eigenvalue weighted by Gasteiger charge is -2.08. The molecular weight excluding hydrogens is 393 g/mol. The fourth-order valence-electron chi connectivity index (χ4n) is 1.43. The maximum Gasteiger partial charge on any atom is 0.263 e. The van der Waals surface area contributed by atoms with Gasteiger partial charge in [-0.3, -0.25) is 4.72 Å². The molecule has 9 heteroatoms. The van der Waals surface area contributed by atoms with Crippen LogP contribution in [0.5, 0.6) is 0 Å². The number of benzene rings is 1. The standard InChI is InChI=1S/C11H8BrClFNO3S2/c12-11-10(4-7(5-16)19-11)20(17,18)15-9-2-1-6(13)3-8(9)14/h1-4,15-16H,5H2. The molecule has 20 heavy (non-hydrogen) atoms. The van der Waals surface area contributed by atoms with Crippen molar-refractivity contribution in [3.8, 4) is 0 Å². The number of aliphatic hydroxyl groups is 1. The first-order valence-corrected chi connectivity index (χ1v) is 8.67. The lowest BCUT2D eigenvalue weighted by molar-refractivity contribution is 0.285. The van der Waals surface area contributed by atoms with E-state index < -0.39 is 15.8 Å². The van der Waals surface area contributed by atoms with Gasteiger partial charge in [-0.25, -0.2) is 12.8 Å². The van der Waals surface area contributed by atoms with Crippen molar-refractivity contribution < 1.29 is 17.9 Å². The second-order valence-corrected chi connectivity index (χ2v) is 8.28. The van der Waals surface area contributed by atoms with Crippen molar-refractivity contribution in [3.63, 3.8) is 0 Å². The summed E-state index contributed by atoms with van der Waals surface area (Å²) in [7, 11) is -3.95. The van der Waals surface area contributed by atoms with E-state index in [1.165, 1.54) is 18.2 Å². The monoisotopic (exact) mass is 399 g/mol. The van der Waals surface area contributed by atoms with Crippen LogP contribution in [0.1, 0.15) is 4.88 Å². The van der Waals surface area contributed by atoms with Gasteiger partial charge in [0.15, 0.2) is 0 Å². The van der Waals surface area contributed by atoms with Crippen molar-refractivity contribution in [3.05, 3.63) is 43.8 Å². The van der Waals surface area contributed by atoms with Crippen LogP contribution in [0.3, 0.4) is 0 Å². The summed E-state index contributed by atoms with van der Waals surface area (Å²) in [5, 5.41) is 9.18. The fourth-order valence-corrected chi connectivity index (χ4v) is 5.20. The summed E-state index contributed by atoms with van der Waals surface area (Å²) in [6, 6.07) is 4.96. The van der Waals surface area contributed by atoms with Crippen LogP contribution in [0.15, 0.2) is 32.9 Å². The van der Waals surface area contributed by atoms with Gasteiger partial charge in [0.2, 0.25) is 0 Å². The summed E-state index contributed by atoms with van der Waals surface area (Å²) < 4.78 is 40.4. The quantitative estimate of drug-likeness (QED) is 0.824. The highest BCUT2D eigenvalue weighted by molar-refractivity contribution is 9.11. The third kappa shape index (κ3) is 3.32. The molecule has 0 fully saturated rings. The van der Waals surface area contributed by atoms with Crippen LogP contribution in [0.25, 0.3) is 0 Å². The van der Waals surface area contributed by atoms with Gasteiger partial charge in [0.25, 0.3) is 10.0 Å². The number of nitrogens with one attached hydrogen (secondary N) is 1. The Hall–Kier alpha value is -0.670. The van der Waals surface area contributed by atoms with Crippen molar-refractivity contribution >= 4 is 54.6 Å². The third-order valence-corrected chi connectivity index (χ3v) is 6.16. The Bertz CT molecular complexity index is 748. The van der Waals surface area contributed by atoms with E-state index >= 15 is 0 Å². The van der Waals surface area contributed by atoms with Gasteiger partial charge < -0.3 is 5.11 Å². The predicted octanol–water partition coefficient (Wildman–Crippen LogP) is 3.60. The second-order valence-electron chi connectivity index (χ2n) is 3.74. The van der Waals surface area contributed by atoms with Gasteiger partial charge >= 0.3 is 0 Å². The third-order valence-electron chi connectivity index (χ3n) is 2.33. The van der Waals surface area contributed by atoms with Crippen LogP contribution in [-0.4, -0.2) is 13.5 Å². The molecule has 2 rings (SSSR count). The molecule has 0 radical (unpaired) electrons. The molecule has 0 aliphatic carbocycles. The first kappa shape index (κ1) is 15.7. The number of aliphatic hydroxyl groups excluding tert-OH is 1. The molecule has 1 aromatic heterocycles. The summed E-state index contributed by atoms with van der Waals surface area (Å²) in [4.78, 5) is 0.426. The normalized spacial score (nSPS) is 11.6. The number of sulfonamides is 1. The van der Waals surface area contributed by atoms with E-state index in [4.69, 9.17) is 16.7 Å². The van der Waals surface area contributed by atoms with E-state index in [-0.39, 0.29) is 22.2 Å². The molecule has 2 aromatic rings. The highest BCUT2D eigenvalue weighted by Crippen LogP contribution is 2.33. The molecule has 0 aliphatic heterocycles. The zero-order chi connectivity index (χ0) is 14.9. The molecule has 1 heterocycles. The number of hydrogen-bond acceptors (Lipinski definition) is 4. The molecule has 0 saturated carbocycles. The summed E-state index contributed by atoms with van der Waals surface area (Å²) >= 11 is 9.80. The fraction of sp³-hybridized carbons (Fsp3) is 0.0909. The van der Waals surface area contributed by atoms with E-state index in [1.807, 2.05) is 0 Å². The Balaban J connectivity index is 2.38. The van der Waals surface area contributed by atoms with Gasteiger partial charge in [-0.15, -0.1) is 11.3 Å². The summed E-state index contributed by atoms with van der Waals surface area (Å²) in [5.74, 6) is -0.769. The molecule has 0 aliphatic rings. The Morgan fingerprint density at radius 1 is 1.40 bits per heavy atom. The number of thiophene rings is 1. The molecule has 0 unspecified atom stereocenters. The molecule has 2 N–H and O–H groups in total. The van der Waals surface area contributed by atoms with Gasteiger partial charge in [0, 0.05) is 9.90 Å². The topological polar surface area (TPSA) is 66.4 Å². The zero-order valence-corrected chi connectivity index (χ0v) is 13.7. The molecule has 1 aromatic carbocycles. The minimum absolute atomic E-state index is 0.0547. The van der Waals surface area contributed by atoms with Crippen LogP contribution in [-0.2, 0) is 16.6 Å². The van der Waals surface area contributed by atoms with Gasteiger partial charge in [-0.2, -0.15) is 0 Å². The van der Waals surface area contributed by atoms with Crippen LogP contribution < -0.4 is 4.72 Å². The van der Waals surface area contributed by atoms with Crippen molar-refractivity contribution in [1.82, 2.24) is 0 Å². The summed E-state index contributed by atoms with van der Waals surface area (Å²) in [5.41, 5.74) is -0.196. The van der Waals surface area contributed by atoms with Crippen molar-refractivity contribution in [2.24, 2.45) is 0 Å². The van der Waals surface area contributed by atoms with E-state index in [9.17, 15) is 12.8 Å². The molecule has 0 spiro atoms. The first-order chi connectivity index (χ1) is 9.33. The van der Waals surface area contributed by atoms with Crippen molar-refractivity contribution in [2.75, 3.05) is 4.72 Å². The first-order valence-electron chi connectivity index (χ1n) is 5.20. The highest BCUT2D eigenvalue weighted by atomic mass is 79.9. The van der Waals surface area contributed by atoms with Crippen LogP contribution in [0.4, 0.5) is 10.1 Å². The van der Waals surface area contributed by atoms with Crippen LogP contribution in [0, 0.1) is 5.82 Å². The minimum atomic E-state index is -3.95. The SMILES string of the molecule is O=S(=O)(Nc1ccc(Cl)cc1F)c1cc(CO)sc1Br. The maximum atomic E-state index is 13.6. The largest absolute Gasteiger partial charge is 0.391 e. The number of halogens is 3. The van der Waals surface area contributed by atoms with Crippen molar-refractivity contribution in [1.29, 1.82) is 0 Å². The molecule has 0 saturated heterocycles. The van der Waals surface area contributed by atoms with Crippen molar-refractivity contribution in [2.45, 2.75) is 11.5 Å². The molecule has 108 valence electrons. The maximum absolute atomic E-state index is 13.6. The number of rotatable bonds is 4. The van der Waals surface area contributed by atoms with E-state index in [0.29, 0.717) is 8.66 Å². The lowest BCUT2D eigenvalue weighted by Crippen LogP contribution is -2.13. The van der Waals surface area contributed by atoms with Gasteiger partial charge in [-0.1, -0.05) is 11.6 Å². The predicted molar refractivity (Wildman–Crippen MR) is 80.2 cm³/mol. The number of hydrogen-bond donors (Lipinski definition) is 2. The zero-order valence-electron chi connectivity index (χ0n) is 9.73. The smallest absolute Gasteiger partial charge is 0.263 e. The van der Waals surface area contributed by atoms with E-state index in [0.717, 1.165) is 17.4 Å². The van der Waals surface area contributed by atoms with Gasteiger partial charge in [-0.05, 0) is 40.2 Å². The molecule has 0 atom stereocenters. The molecule has 0 amide bonds. The van der Waals surface area contributed by atoms with E-state index in [2.05, 4.69) is 20.7 Å². The average molecular weight is 401 g/mol. The Morgan fingerprint density at radius 3 is 2.65 bits per heavy atom. The van der Waals surface area contributed by atoms with E-state index in [1.54, 1.807) is 0 Å². The summed E-state index contributed by atoms with van der Waals surface area (Å²) in [6.45, 7) is -0.270. The molecular formula is C11H8BrClFNO3S2. The van der Waals surface area contributed by atoms with Crippen LogP contribution >= 0.6 is 38.9 Å². The number of anilines is 1. The van der Waals surface area contributed by atoms with Gasteiger partial charge in [0.1, 0.15) is 10.7 Å². The Labute approximate surface area is 132 Å². The molecule has 4 nitrogen and oxygen atoms in total. The summed E-state index contributed by atoms with van der Waals surface area (Å²) in [6.07, 6.45) is 0. The molecule has 0 bridgehead atoms. The minimum Gasteiger partial charge on any atom is -0.391 e. The Kier molecular flexibility index (Phi) is 4.70. The Morgan fingerprint density at radius 2 is 2.10 bits per heavy atom. The van der Waals surface area contributed by atoms with Gasteiger partial charge in [0.05, 0.1) is 16.1 Å². The second kappa shape index (κ2) is 5.98. The highest BCUT2D eigenvalue weighted by Gasteiger charge is 2.22. The average Bonchev–Trinajstić information content (AvgIpc) is 2.75. The lowest BCUT2D eigenvalue weighted by atomic mass is 10.3.